The molecule has 1 rings (SSSR count). The molecule has 0 aliphatic rings. The number of benzene rings is 1. The molecule has 0 spiro atoms. The second kappa shape index (κ2) is 5.16. The highest BCUT2D eigenvalue weighted by Gasteiger charge is 2.13. The first-order valence-corrected chi connectivity index (χ1v) is 5.48. The van der Waals surface area contributed by atoms with Crippen molar-refractivity contribution in [2.45, 2.75) is 4.90 Å². The number of hydrogen-bond donors (Lipinski definition) is 1. The van der Waals surface area contributed by atoms with Crippen LogP contribution in [-0.2, 0) is 4.79 Å². The summed E-state index contributed by atoms with van der Waals surface area (Å²) in [7, 11) is 3.16. The quantitative estimate of drug-likeness (QED) is 0.652. The Bertz CT molecular complexity index is 387. The van der Waals surface area contributed by atoms with E-state index in [1.54, 1.807) is 14.1 Å². The van der Waals surface area contributed by atoms with Gasteiger partial charge in [0.15, 0.2) is 0 Å². The predicted molar refractivity (Wildman–Crippen MR) is 60.2 cm³/mol. The van der Waals surface area contributed by atoms with Crippen molar-refractivity contribution in [1.82, 2.24) is 4.90 Å². The first-order chi connectivity index (χ1) is 7.41. The molecule has 88 valence electrons. The third-order valence-corrected chi connectivity index (χ3v) is 2.93. The van der Waals surface area contributed by atoms with Gasteiger partial charge >= 0.3 is 0 Å². The molecule has 0 heterocycles. The minimum absolute atomic E-state index is 0.00917. The molecule has 0 atom stereocenters. The predicted octanol–water partition coefficient (Wildman–Crippen LogP) is 1.73. The molecule has 3 nitrogen and oxygen atoms in total. The second-order valence-electron chi connectivity index (χ2n) is 3.39. The SMILES string of the molecule is CN(C)C(=O)CSc1c(F)cc(N)cc1F. The maximum Gasteiger partial charge on any atom is 0.232 e. The highest BCUT2D eigenvalue weighted by Crippen LogP contribution is 2.27. The maximum absolute atomic E-state index is 13.3. The van der Waals surface area contributed by atoms with E-state index >= 15 is 0 Å². The Balaban J connectivity index is 2.78. The minimum Gasteiger partial charge on any atom is -0.399 e. The van der Waals surface area contributed by atoms with Gasteiger partial charge in [0.2, 0.25) is 5.91 Å². The van der Waals surface area contributed by atoms with Crippen LogP contribution in [0.5, 0.6) is 0 Å². The Labute approximate surface area is 96.6 Å². The summed E-state index contributed by atoms with van der Waals surface area (Å²) < 4.78 is 26.6. The zero-order valence-electron chi connectivity index (χ0n) is 8.96. The molecule has 0 aliphatic heterocycles. The van der Waals surface area contributed by atoms with Crippen LogP contribution in [0, 0.1) is 11.6 Å². The summed E-state index contributed by atoms with van der Waals surface area (Å²) in [5.74, 6) is -1.70. The molecule has 1 aromatic carbocycles. The fourth-order valence-electron chi connectivity index (χ4n) is 0.980. The molecule has 6 heteroatoms. The van der Waals surface area contributed by atoms with E-state index in [0.717, 1.165) is 23.9 Å². The largest absolute Gasteiger partial charge is 0.399 e. The summed E-state index contributed by atoms with van der Waals surface area (Å²) in [4.78, 5) is 12.4. The van der Waals surface area contributed by atoms with E-state index in [9.17, 15) is 13.6 Å². The number of thioether (sulfide) groups is 1. The monoisotopic (exact) mass is 246 g/mol. The number of hydrogen-bond acceptors (Lipinski definition) is 3. The van der Waals surface area contributed by atoms with Crippen LogP contribution in [0.25, 0.3) is 0 Å². The van der Waals surface area contributed by atoms with Gasteiger partial charge in [-0.25, -0.2) is 8.78 Å². The lowest BCUT2D eigenvalue weighted by Gasteiger charge is -2.10. The van der Waals surface area contributed by atoms with E-state index in [4.69, 9.17) is 5.73 Å². The second-order valence-corrected chi connectivity index (χ2v) is 4.38. The van der Waals surface area contributed by atoms with Crippen LogP contribution in [-0.4, -0.2) is 30.7 Å². The van der Waals surface area contributed by atoms with Crippen LogP contribution in [0.3, 0.4) is 0 Å². The van der Waals surface area contributed by atoms with E-state index in [1.807, 2.05) is 0 Å². The summed E-state index contributed by atoms with van der Waals surface area (Å²) in [6.45, 7) is 0. The lowest BCUT2D eigenvalue weighted by atomic mass is 10.3. The molecule has 1 aromatic rings. The molecule has 2 N–H and O–H groups in total. The molecule has 0 aromatic heterocycles. The van der Waals surface area contributed by atoms with Gasteiger partial charge in [-0.2, -0.15) is 0 Å². The van der Waals surface area contributed by atoms with Crippen LogP contribution in [0.4, 0.5) is 14.5 Å². The molecule has 0 radical (unpaired) electrons. The summed E-state index contributed by atoms with van der Waals surface area (Å²) in [5.41, 5.74) is 5.29. The highest BCUT2D eigenvalue weighted by molar-refractivity contribution is 8.00. The number of anilines is 1. The third-order valence-electron chi connectivity index (χ3n) is 1.86. The standard InChI is InChI=1S/C10H12F2N2OS/c1-14(2)9(15)5-16-10-7(11)3-6(13)4-8(10)12/h3-4H,5,13H2,1-2H3. The van der Waals surface area contributed by atoms with Crippen molar-refractivity contribution in [3.05, 3.63) is 23.8 Å². The van der Waals surface area contributed by atoms with Gasteiger partial charge in [0.1, 0.15) is 11.6 Å². The fourth-order valence-corrected chi connectivity index (χ4v) is 1.90. The molecule has 0 unspecified atom stereocenters. The molecule has 0 fully saturated rings. The summed E-state index contributed by atoms with van der Waals surface area (Å²) >= 11 is 0.822. The van der Waals surface area contributed by atoms with Crippen LogP contribution < -0.4 is 5.73 Å². The topological polar surface area (TPSA) is 46.3 Å². The van der Waals surface area contributed by atoms with Gasteiger partial charge in [-0.1, -0.05) is 0 Å². The fraction of sp³-hybridized carbons (Fsp3) is 0.300. The van der Waals surface area contributed by atoms with Gasteiger partial charge in [0.05, 0.1) is 10.6 Å². The Morgan fingerprint density at radius 1 is 1.38 bits per heavy atom. The molecule has 0 bridgehead atoms. The average molecular weight is 246 g/mol. The number of nitrogen functional groups attached to an aromatic ring is 1. The normalized spacial score (nSPS) is 10.2. The number of carbonyl (C=O) groups is 1. The Hall–Kier alpha value is -1.30. The lowest BCUT2D eigenvalue weighted by Crippen LogP contribution is -2.23. The van der Waals surface area contributed by atoms with E-state index in [0.29, 0.717) is 0 Å². The lowest BCUT2D eigenvalue weighted by molar-refractivity contribution is -0.125. The Morgan fingerprint density at radius 3 is 2.31 bits per heavy atom. The number of nitrogens with zero attached hydrogens (tertiary/aromatic N) is 1. The number of halogens is 2. The minimum atomic E-state index is -0.742. The van der Waals surface area contributed by atoms with Gasteiger partial charge in [-0.05, 0) is 12.1 Å². The first-order valence-electron chi connectivity index (χ1n) is 4.49. The number of rotatable bonds is 3. The summed E-state index contributed by atoms with van der Waals surface area (Å²) in [5, 5.41) is 0. The van der Waals surface area contributed by atoms with Crippen molar-refractivity contribution in [2.24, 2.45) is 0 Å². The van der Waals surface area contributed by atoms with E-state index < -0.39 is 11.6 Å². The van der Waals surface area contributed by atoms with Gasteiger partial charge in [0, 0.05) is 19.8 Å². The Morgan fingerprint density at radius 2 is 1.88 bits per heavy atom. The first kappa shape index (κ1) is 12.8. The van der Waals surface area contributed by atoms with Crippen LogP contribution in [0.2, 0.25) is 0 Å². The van der Waals surface area contributed by atoms with Crippen LogP contribution >= 0.6 is 11.8 Å². The van der Waals surface area contributed by atoms with Gasteiger partial charge in [-0.3, -0.25) is 4.79 Å². The van der Waals surface area contributed by atoms with E-state index in [-0.39, 0.29) is 22.2 Å². The van der Waals surface area contributed by atoms with Crippen molar-refractivity contribution in [3.8, 4) is 0 Å². The van der Waals surface area contributed by atoms with Crippen molar-refractivity contribution >= 4 is 23.4 Å². The molecular formula is C10H12F2N2OS. The molecule has 0 aliphatic carbocycles. The molecule has 1 amide bonds. The molecule has 0 saturated carbocycles. The van der Waals surface area contributed by atoms with E-state index in [2.05, 4.69) is 0 Å². The number of amides is 1. The highest BCUT2D eigenvalue weighted by atomic mass is 32.2. The smallest absolute Gasteiger partial charge is 0.232 e. The molecule has 0 saturated heterocycles. The molecule has 16 heavy (non-hydrogen) atoms. The Kier molecular flexibility index (Phi) is 4.12. The van der Waals surface area contributed by atoms with Gasteiger partial charge < -0.3 is 10.6 Å². The van der Waals surface area contributed by atoms with Gasteiger partial charge in [0.25, 0.3) is 0 Å². The number of nitrogens with two attached hydrogens (primary N) is 1. The maximum atomic E-state index is 13.3. The third kappa shape index (κ3) is 3.10. The van der Waals surface area contributed by atoms with Crippen molar-refractivity contribution in [3.63, 3.8) is 0 Å². The molecular weight excluding hydrogens is 234 g/mol. The summed E-state index contributed by atoms with van der Waals surface area (Å²) in [6.07, 6.45) is 0. The van der Waals surface area contributed by atoms with Crippen LogP contribution in [0.1, 0.15) is 0 Å². The van der Waals surface area contributed by atoms with Crippen LogP contribution in [0.15, 0.2) is 17.0 Å². The van der Waals surface area contributed by atoms with Crippen molar-refractivity contribution in [1.29, 1.82) is 0 Å². The van der Waals surface area contributed by atoms with Crippen molar-refractivity contribution < 1.29 is 13.6 Å². The summed E-state index contributed by atoms with van der Waals surface area (Å²) in [6, 6.07) is 2.07. The van der Waals surface area contributed by atoms with E-state index in [1.165, 1.54) is 4.90 Å². The number of carbonyl (C=O) groups excluding carboxylic acids is 1. The average Bonchev–Trinajstić information content (AvgIpc) is 2.15. The van der Waals surface area contributed by atoms with Crippen molar-refractivity contribution in [2.75, 3.05) is 25.6 Å². The van der Waals surface area contributed by atoms with Gasteiger partial charge in [-0.15, -0.1) is 11.8 Å². The zero-order valence-corrected chi connectivity index (χ0v) is 9.78. The zero-order chi connectivity index (χ0) is 12.3.